The number of hydrogen-bond acceptors (Lipinski definition) is 3. The number of halogens is 1. The number of hydrogen-bond donors (Lipinski definition) is 1. The topological polar surface area (TPSA) is 50.2 Å². The molecular weight excluding hydrogens is 356 g/mol. The first kappa shape index (κ1) is 16.2. The zero-order valence-corrected chi connectivity index (χ0v) is 15.0. The van der Waals surface area contributed by atoms with E-state index in [1.165, 1.54) is 0 Å². The maximum Gasteiger partial charge on any atom is 0.227 e. The van der Waals surface area contributed by atoms with Gasteiger partial charge in [-0.05, 0) is 23.3 Å². The predicted octanol–water partition coefficient (Wildman–Crippen LogP) is 2.14. The molecule has 2 heterocycles. The molecule has 0 bridgehead atoms. The van der Waals surface area contributed by atoms with Gasteiger partial charge in [0.25, 0.3) is 0 Å². The van der Waals surface area contributed by atoms with Crippen molar-refractivity contribution in [3.05, 3.63) is 52.3 Å². The average molecular weight is 377 g/mol. The zero-order valence-electron chi connectivity index (χ0n) is 13.4. The highest BCUT2D eigenvalue weighted by Crippen LogP contribution is 2.29. The minimum atomic E-state index is -0.0312. The second-order valence-electron chi connectivity index (χ2n) is 6.14. The highest BCUT2D eigenvalue weighted by Gasteiger charge is 2.36. The minimum Gasteiger partial charge on any atom is -0.341 e. The van der Waals surface area contributed by atoms with E-state index in [1.807, 2.05) is 49.6 Å². The molecule has 5 nitrogen and oxygen atoms in total. The average Bonchev–Trinajstić information content (AvgIpc) is 3.14. The lowest BCUT2D eigenvalue weighted by Gasteiger charge is -2.24. The van der Waals surface area contributed by atoms with Crippen molar-refractivity contribution in [3.8, 4) is 0 Å². The van der Waals surface area contributed by atoms with Crippen molar-refractivity contribution >= 4 is 21.8 Å². The van der Waals surface area contributed by atoms with Crippen LogP contribution >= 0.6 is 15.9 Å². The molecule has 1 saturated heterocycles. The largest absolute Gasteiger partial charge is 0.341 e. The first-order valence-corrected chi connectivity index (χ1v) is 8.52. The maximum atomic E-state index is 12.9. The molecule has 122 valence electrons. The molecule has 23 heavy (non-hydrogen) atoms. The molecular formula is C17H21BrN4O. The molecule has 0 aliphatic carbocycles. The van der Waals surface area contributed by atoms with Crippen LogP contribution in [-0.4, -0.2) is 40.7 Å². The molecule has 1 fully saturated rings. The number of rotatable bonds is 4. The molecule has 1 aliphatic heterocycles. The maximum absolute atomic E-state index is 12.9. The van der Waals surface area contributed by atoms with Crippen LogP contribution in [0.2, 0.25) is 0 Å². The molecule has 0 spiro atoms. The Kier molecular flexibility index (Phi) is 4.82. The highest BCUT2D eigenvalue weighted by molar-refractivity contribution is 9.10. The van der Waals surface area contributed by atoms with Crippen molar-refractivity contribution in [2.75, 3.05) is 20.1 Å². The van der Waals surface area contributed by atoms with Crippen LogP contribution in [0.4, 0.5) is 0 Å². The Morgan fingerprint density at radius 2 is 2.30 bits per heavy atom. The summed E-state index contributed by atoms with van der Waals surface area (Å²) in [5.41, 5.74) is 2.26. The summed E-state index contributed by atoms with van der Waals surface area (Å²) in [6.07, 6.45) is 3.87. The van der Waals surface area contributed by atoms with E-state index >= 15 is 0 Å². The van der Waals surface area contributed by atoms with Crippen LogP contribution in [-0.2, 0) is 18.4 Å². The number of carbonyl (C=O) groups excluding carboxylic acids is 1. The van der Waals surface area contributed by atoms with Crippen molar-refractivity contribution < 1.29 is 4.79 Å². The fraction of sp³-hybridized carbons (Fsp3) is 0.412. The fourth-order valence-electron chi connectivity index (χ4n) is 3.19. The van der Waals surface area contributed by atoms with Crippen molar-refractivity contribution in [3.63, 3.8) is 0 Å². The van der Waals surface area contributed by atoms with Gasteiger partial charge in [-0.15, -0.1) is 0 Å². The van der Waals surface area contributed by atoms with Gasteiger partial charge in [0, 0.05) is 50.3 Å². The Morgan fingerprint density at radius 1 is 1.48 bits per heavy atom. The fourth-order valence-corrected chi connectivity index (χ4v) is 3.64. The van der Waals surface area contributed by atoms with Gasteiger partial charge in [-0.3, -0.25) is 9.48 Å². The van der Waals surface area contributed by atoms with E-state index in [0.717, 1.165) is 28.7 Å². The molecule has 1 aliphatic rings. The van der Waals surface area contributed by atoms with Crippen LogP contribution in [0.3, 0.4) is 0 Å². The quantitative estimate of drug-likeness (QED) is 0.889. The molecule has 1 aromatic carbocycles. The molecule has 2 atom stereocenters. The Morgan fingerprint density at radius 3 is 3.00 bits per heavy atom. The van der Waals surface area contributed by atoms with Crippen LogP contribution in [0.5, 0.6) is 0 Å². The van der Waals surface area contributed by atoms with Gasteiger partial charge in [-0.25, -0.2) is 0 Å². The van der Waals surface area contributed by atoms with Crippen molar-refractivity contribution in [1.29, 1.82) is 0 Å². The van der Waals surface area contributed by atoms with Gasteiger partial charge in [0.05, 0.1) is 12.1 Å². The SMILES string of the molecule is CN(Cc1cccc(Br)c1)C(=O)[C@H]1CNC[C@@H]1c1cnn(C)c1. The van der Waals surface area contributed by atoms with Gasteiger partial charge in [0.15, 0.2) is 0 Å². The third-order valence-corrected chi connectivity index (χ3v) is 4.86. The monoisotopic (exact) mass is 376 g/mol. The number of carbonyl (C=O) groups is 1. The summed E-state index contributed by atoms with van der Waals surface area (Å²) >= 11 is 3.48. The molecule has 1 N–H and O–H groups in total. The first-order valence-electron chi connectivity index (χ1n) is 7.73. The molecule has 0 unspecified atom stereocenters. The Bertz CT molecular complexity index is 699. The van der Waals surface area contributed by atoms with Crippen LogP contribution in [0.1, 0.15) is 17.0 Å². The van der Waals surface area contributed by atoms with Gasteiger partial charge in [-0.1, -0.05) is 28.1 Å². The predicted molar refractivity (Wildman–Crippen MR) is 92.9 cm³/mol. The lowest BCUT2D eigenvalue weighted by atomic mass is 9.90. The lowest BCUT2D eigenvalue weighted by Crippen LogP contribution is -2.35. The Balaban J connectivity index is 1.71. The zero-order chi connectivity index (χ0) is 16.4. The van der Waals surface area contributed by atoms with Gasteiger partial charge in [-0.2, -0.15) is 5.10 Å². The smallest absolute Gasteiger partial charge is 0.227 e. The number of amides is 1. The third-order valence-electron chi connectivity index (χ3n) is 4.37. The van der Waals surface area contributed by atoms with Gasteiger partial charge in [0.2, 0.25) is 5.91 Å². The standard InChI is InChI=1S/C17H21BrN4O/c1-21(10-12-4-3-5-14(18)6-12)17(23)16-9-19-8-15(16)13-7-20-22(2)11-13/h3-7,11,15-16,19H,8-10H2,1-2H3/t15-,16+/m1/s1. The summed E-state index contributed by atoms with van der Waals surface area (Å²) in [7, 11) is 3.78. The van der Waals surface area contributed by atoms with Crippen LogP contribution in [0.15, 0.2) is 41.1 Å². The van der Waals surface area contributed by atoms with Crippen molar-refractivity contribution in [2.24, 2.45) is 13.0 Å². The highest BCUT2D eigenvalue weighted by atomic mass is 79.9. The Labute approximate surface area is 144 Å². The third kappa shape index (κ3) is 3.64. The van der Waals surface area contributed by atoms with E-state index in [2.05, 4.69) is 32.4 Å². The van der Waals surface area contributed by atoms with E-state index in [4.69, 9.17) is 0 Å². The van der Waals surface area contributed by atoms with E-state index in [1.54, 1.807) is 4.68 Å². The van der Waals surface area contributed by atoms with Crippen LogP contribution in [0.25, 0.3) is 0 Å². The normalized spacial score (nSPS) is 20.7. The second-order valence-corrected chi connectivity index (χ2v) is 7.06. The number of aromatic nitrogens is 2. The number of nitrogens with zero attached hydrogens (tertiary/aromatic N) is 3. The van der Waals surface area contributed by atoms with E-state index < -0.39 is 0 Å². The van der Waals surface area contributed by atoms with Crippen molar-refractivity contribution in [2.45, 2.75) is 12.5 Å². The summed E-state index contributed by atoms with van der Waals surface area (Å²) < 4.78 is 2.83. The van der Waals surface area contributed by atoms with Crippen LogP contribution < -0.4 is 5.32 Å². The second kappa shape index (κ2) is 6.84. The number of aryl methyl sites for hydroxylation is 1. The minimum absolute atomic E-state index is 0.0312. The summed E-state index contributed by atoms with van der Waals surface area (Å²) in [6, 6.07) is 8.08. The molecule has 2 aromatic rings. The summed E-state index contributed by atoms with van der Waals surface area (Å²) in [5.74, 6) is 0.348. The molecule has 1 aromatic heterocycles. The van der Waals surface area contributed by atoms with Crippen LogP contribution in [0, 0.1) is 5.92 Å². The molecule has 1 amide bonds. The Hall–Kier alpha value is -1.66. The number of nitrogens with one attached hydrogen (secondary N) is 1. The molecule has 0 saturated carbocycles. The van der Waals surface area contributed by atoms with Gasteiger partial charge in [0.1, 0.15) is 0 Å². The molecule has 0 radical (unpaired) electrons. The first-order chi connectivity index (χ1) is 11.0. The van der Waals surface area contributed by atoms with Gasteiger partial charge < -0.3 is 10.2 Å². The van der Waals surface area contributed by atoms with Crippen molar-refractivity contribution in [1.82, 2.24) is 20.0 Å². The summed E-state index contributed by atoms with van der Waals surface area (Å²) in [5, 5.41) is 7.58. The number of benzene rings is 1. The summed E-state index contributed by atoms with van der Waals surface area (Å²) in [4.78, 5) is 14.7. The molecule has 6 heteroatoms. The van der Waals surface area contributed by atoms with Gasteiger partial charge >= 0.3 is 0 Å². The van der Waals surface area contributed by atoms with E-state index in [-0.39, 0.29) is 17.7 Å². The molecule has 3 rings (SSSR count). The summed E-state index contributed by atoms with van der Waals surface area (Å²) in [6.45, 7) is 2.17. The van der Waals surface area contributed by atoms with E-state index in [9.17, 15) is 4.79 Å². The lowest BCUT2D eigenvalue weighted by molar-refractivity contribution is -0.134. The van der Waals surface area contributed by atoms with E-state index in [0.29, 0.717) is 6.54 Å².